The minimum absolute atomic E-state index is 0.0221. The third-order valence-electron chi connectivity index (χ3n) is 5.75. The maximum Gasteiger partial charge on any atom is 0.318 e. The summed E-state index contributed by atoms with van der Waals surface area (Å²) in [5.41, 5.74) is 2.66. The van der Waals surface area contributed by atoms with Gasteiger partial charge in [-0.15, -0.1) is 0 Å². The van der Waals surface area contributed by atoms with E-state index < -0.39 is 0 Å². The SMILES string of the molecule is CC(C)NC(=O)N1CCN(c2ccc(NC(=O)CN(Cc3ccccc3)C(=O)NC(C)C)cc2)CC1. The van der Waals surface area contributed by atoms with Crippen LogP contribution in [0.4, 0.5) is 21.0 Å². The minimum Gasteiger partial charge on any atom is -0.368 e. The number of hydrogen-bond acceptors (Lipinski definition) is 4. The van der Waals surface area contributed by atoms with Gasteiger partial charge in [0.2, 0.25) is 5.91 Å². The molecule has 0 unspecified atom stereocenters. The maximum atomic E-state index is 12.8. The largest absolute Gasteiger partial charge is 0.368 e. The van der Waals surface area contributed by atoms with Crippen molar-refractivity contribution in [2.45, 2.75) is 46.3 Å². The molecule has 0 bridgehead atoms. The molecular weight excluding hydrogens is 456 g/mol. The van der Waals surface area contributed by atoms with Crippen LogP contribution in [0, 0.1) is 0 Å². The average molecular weight is 495 g/mol. The predicted molar refractivity (Wildman–Crippen MR) is 143 cm³/mol. The van der Waals surface area contributed by atoms with Gasteiger partial charge in [-0.1, -0.05) is 30.3 Å². The molecular formula is C27H38N6O3. The first-order valence-electron chi connectivity index (χ1n) is 12.5. The van der Waals surface area contributed by atoms with E-state index in [-0.39, 0.29) is 36.6 Å². The Balaban J connectivity index is 1.54. The van der Waals surface area contributed by atoms with Crippen molar-refractivity contribution in [1.82, 2.24) is 20.4 Å². The fourth-order valence-corrected chi connectivity index (χ4v) is 3.98. The molecule has 9 heteroatoms. The number of urea groups is 2. The summed E-state index contributed by atoms with van der Waals surface area (Å²) in [6.07, 6.45) is 0. The van der Waals surface area contributed by atoms with Crippen LogP contribution in [0.5, 0.6) is 0 Å². The molecule has 9 nitrogen and oxygen atoms in total. The number of hydrogen-bond donors (Lipinski definition) is 3. The van der Waals surface area contributed by atoms with Crippen molar-refractivity contribution >= 4 is 29.3 Å². The van der Waals surface area contributed by atoms with E-state index in [0.29, 0.717) is 25.3 Å². The molecule has 1 aliphatic rings. The summed E-state index contributed by atoms with van der Waals surface area (Å²) < 4.78 is 0. The number of rotatable bonds is 8. The highest BCUT2D eigenvalue weighted by molar-refractivity contribution is 5.94. The van der Waals surface area contributed by atoms with Gasteiger partial charge in [0, 0.05) is 56.2 Å². The zero-order chi connectivity index (χ0) is 26.1. The second-order valence-electron chi connectivity index (χ2n) is 9.62. The third kappa shape index (κ3) is 8.18. The number of carbonyl (C=O) groups excluding carboxylic acids is 3. The molecule has 0 spiro atoms. The molecule has 1 fully saturated rings. The van der Waals surface area contributed by atoms with E-state index in [1.165, 1.54) is 4.90 Å². The summed E-state index contributed by atoms with van der Waals surface area (Å²) in [4.78, 5) is 43.2. The predicted octanol–water partition coefficient (Wildman–Crippen LogP) is 3.49. The Morgan fingerprint density at radius 1 is 0.833 bits per heavy atom. The highest BCUT2D eigenvalue weighted by atomic mass is 16.2. The molecule has 0 saturated carbocycles. The standard InChI is InChI=1S/C27H38N6O3/c1-20(2)28-26(35)32-16-14-31(15-17-32)24-12-10-23(11-13-24)30-25(34)19-33(27(36)29-21(3)4)18-22-8-6-5-7-9-22/h5-13,20-21H,14-19H2,1-4H3,(H,28,35)(H,29,36)(H,30,34). The first kappa shape index (κ1) is 26.8. The number of nitrogens with one attached hydrogen (secondary N) is 3. The van der Waals surface area contributed by atoms with Crippen molar-refractivity contribution < 1.29 is 14.4 Å². The van der Waals surface area contributed by atoms with Crippen LogP contribution in [-0.4, -0.2) is 72.6 Å². The quantitative estimate of drug-likeness (QED) is 0.523. The highest BCUT2D eigenvalue weighted by Crippen LogP contribution is 2.20. The number of carbonyl (C=O) groups is 3. The van der Waals surface area contributed by atoms with Crippen molar-refractivity contribution in [3.63, 3.8) is 0 Å². The second kappa shape index (κ2) is 12.8. The summed E-state index contributed by atoms with van der Waals surface area (Å²) in [5, 5.41) is 8.70. The maximum absolute atomic E-state index is 12.8. The van der Waals surface area contributed by atoms with E-state index in [1.54, 1.807) is 0 Å². The van der Waals surface area contributed by atoms with E-state index in [2.05, 4.69) is 20.9 Å². The highest BCUT2D eigenvalue weighted by Gasteiger charge is 2.22. The third-order valence-corrected chi connectivity index (χ3v) is 5.75. The summed E-state index contributed by atoms with van der Waals surface area (Å²) in [6, 6.07) is 17.1. The van der Waals surface area contributed by atoms with Crippen LogP contribution >= 0.6 is 0 Å². The van der Waals surface area contributed by atoms with Gasteiger partial charge in [0.25, 0.3) is 0 Å². The first-order chi connectivity index (χ1) is 17.2. The monoisotopic (exact) mass is 494 g/mol. The number of nitrogens with zero attached hydrogens (tertiary/aromatic N) is 3. The van der Waals surface area contributed by atoms with Crippen LogP contribution in [0.15, 0.2) is 54.6 Å². The van der Waals surface area contributed by atoms with E-state index in [4.69, 9.17) is 0 Å². The van der Waals surface area contributed by atoms with Gasteiger partial charge in [0.05, 0.1) is 0 Å². The van der Waals surface area contributed by atoms with E-state index >= 15 is 0 Å². The van der Waals surface area contributed by atoms with Gasteiger partial charge >= 0.3 is 12.1 Å². The summed E-state index contributed by atoms with van der Waals surface area (Å²) in [6.45, 7) is 10.8. The van der Waals surface area contributed by atoms with Gasteiger partial charge in [-0.3, -0.25) is 4.79 Å². The number of anilines is 2. The lowest BCUT2D eigenvalue weighted by molar-refractivity contribution is -0.116. The summed E-state index contributed by atoms with van der Waals surface area (Å²) in [7, 11) is 0. The van der Waals surface area contributed by atoms with Gasteiger partial charge in [-0.05, 0) is 57.5 Å². The van der Waals surface area contributed by atoms with Crippen LogP contribution < -0.4 is 20.9 Å². The fraction of sp³-hybridized carbons (Fsp3) is 0.444. The molecule has 3 N–H and O–H groups in total. The van der Waals surface area contributed by atoms with Gasteiger partial charge < -0.3 is 30.7 Å². The molecule has 0 atom stereocenters. The van der Waals surface area contributed by atoms with Crippen molar-refractivity contribution in [2.24, 2.45) is 0 Å². The van der Waals surface area contributed by atoms with Gasteiger partial charge in [-0.2, -0.15) is 0 Å². The molecule has 0 radical (unpaired) electrons. The van der Waals surface area contributed by atoms with E-state index in [0.717, 1.165) is 24.3 Å². The lowest BCUT2D eigenvalue weighted by Crippen LogP contribution is -2.52. The van der Waals surface area contributed by atoms with Crippen LogP contribution in [0.1, 0.15) is 33.3 Å². The lowest BCUT2D eigenvalue weighted by Gasteiger charge is -2.36. The molecule has 1 aliphatic heterocycles. The Labute approximate surface area is 213 Å². The zero-order valence-electron chi connectivity index (χ0n) is 21.7. The summed E-state index contributed by atoms with van der Waals surface area (Å²) >= 11 is 0. The smallest absolute Gasteiger partial charge is 0.318 e. The van der Waals surface area contributed by atoms with E-state index in [9.17, 15) is 14.4 Å². The molecule has 5 amide bonds. The Morgan fingerprint density at radius 3 is 2.03 bits per heavy atom. The Bertz CT molecular complexity index is 1000. The van der Waals surface area contributed by atoms with Crippen molar-refractivity contribution in [1.29, 1.82) is 0 Å². The molecule has 36 heavy (non-hydrogen) atoms. The number of amides is 5. The molecule has 1 saturated heterocycles. The fourth-order valence-electron chi connectivity index (χ4n) is 3.98. The van der Waals surface area contributed by atoms with Crippen LogP contribution in [-0.2, 0) is 11.3 Å². The molecule has 0 aliphatic carbocycles. The van der Waals surface area contributed by atoms with Crippen LogP contribution in [0.2, 0.25) is 0 Å². The van der Waals surface area contributed by atoms with Crippen LogP contribution in [0.25, 0.3) is 0 Å². The van der Waals surface area contributed by atoms with Crippen molar-refractivity contribution in [2.75, 3.05) is 42.9 Å². The topological polar surface area (TPSA) is 97.0 Å². The van der Waals surface area contributed by atoms with Crippen molar-refractivity contribution in [3.05, 3.63) is 60.2 Å². The normalized spacial score (nSPS) is 13.5. The van der Waals surface area contributed by atoms with Crippen molar-refractivity contribution in [3.8, 4) is 0 Å². The van der Waals surface area contributed by atoms with Crippen LogP contribution in [0.3, 0.4) is 0 Å². The molecule has 194 valence electrons. The molecule has 0 aromatic heterocycles. The zero-order valence-corrected chi connectivity index (χ0v) is 21.7. The first-order valence-corrected chi connectivity index (χ1v) is 12.5. The Morgan fingerprint density at radius 2 is 1.44 bits per heavy atom. The van der Waals surface area contributed by atoms with Gasteiger partial charge in [0.15, 0.2) is 0 Å². The molecule has 1 heterocycles. The Kier molecular flexibility index (Phi) is 9.55. The molecule has 2 aromatic rings. The average Bonchev–Trinajstić information content (AvgIpc) is 2.84. The van der Waals surface area contributed by atoms with Gasteiger partial charge in [-0.25, -0.2) is 9.59 Å². The Hall–Kier alpha value is -3.75. The molecule has 3 rings (SSSR count). The number of piperazine rings is 1. The number of benzene rings is 2. The molecule has 2 aromatic carbocycles. The van der Waals surface area contributed by atoms with E-state index in [1.807, 2.05) is 87.2 Å². The minimum atomic E-state index is -0.277. The lowest BCUT2D eigenvalue weighted by atomic mass is 10.2. The van der Waals surface area contributed by atoms with Gasteiger partial charge in [0.1, 0.15) is 6.54 Å². The summed E-state index contributed by atoms with van der Waals surface area (Å²) in [5.74, 6) is -0.262. The second-order valence-corrected chi connectivity index (χ2v) is 9.62.